The molecule has 0 atom stereocenters. The zero-order valence-corrected chi connectivity index (χ0v) is 9.74. The van der Waals surface area contributed by atoms with Crippen LogP contribution in [0.15, 0.2) is 24.3 Å². The third-order valence-corrected chi connectivity index (χ3v) is 2.54. The average Bonchev–Trinajstić information content (AvgIpc) is 2.74. The number of rotatable bonds is 6. The molecule has 0 aliphatic heterocycles. The van der Waals surface area contributed by atoms with E-state index in [9.17, 15) is 4.79 Å². The van der Waals surface area contributed by atoms with E-state index in [2.05, 4.69) is 5.10 Å². The normalized spacial score (nSPS) is 10.9. The fourth-order valence-electron chi connectivity index (χ4n) is 1.77. The van der Waals surface area contributed by atoms with E-state index in [1.807, 2.05) is 12.1 Å². The number of fused-ring (bicyclic) bond motifs is 1. The first-order chi connectivity index (χ1) is 8.74. The minimum absolute atomic E-state index is 0.0275. The van der Waals surface area contributed by atoms with Gasteiger partial charge in [0.25, 0.3) is 0 Å². The van der Waals surface area contributed by atoms with Crippen LogP contribution in [0, 0.1) is 0 Å². The van der Waals surface area contributed by atoms with Gasteiger partial charge >= 0.3 is 5.97 Å². The topological polar surface area (TPSA) is 84.6 Å². The highest BCUT2D eigenvalue weighted by atomic mass is 16.5. The Morgan fingerprint density at radius 2 is 2.11 bits per heavy atom. The lowest BCUT2D eigenvalue weighted by molar-refractivity contribution is 0.0688. The van der Waals surface area contributed by atoms with Crippen LogP contribution in [0.1, 0.15) is 10.5 Å². The van der Waals surface area contributed by atoms with Crippen molar-refractivity contribution in [3.05, 3.63) is 30.0 Å². The molecule has 1 aromatic heterocycles. The van der Waals surface area contributed by atoms with Crippen LogP contribution in [0.5, 0.6) is 0 Å². The zero-order valence-electron chi connectivity index (χ0n) is 9.74. The van der Waals surface area contributed by atoms with Crippen molar-refractivity contribution in [1.29, 1.82) is 0 Å². The molecule has 2 aromatic rings. The lowest BCUT2D eigenvalue weighted by Crippen LogP contribution is -2.10. The van der Waals surface area contributed by atoms with Gasteiger partial charge < -0.3 is 14.9 Å². The van der Waals surface area contributed by atoms with Crippen molar-refractivity contribution in [2.75, 3.05) is 19.8 Å². The van der Waals surface area contributed by atoms with Gasteiger partial charge in [-0.3, -0.25) is 4.68 Å². The number of nitrogens with zero attached hydrogens (tertiary/aromatic N) is 2. The summed E-state index contributed by atoms with van der Waals surface area (Å²) < 4.78 is 6.75. The Morgan fingerprint density at radius 3 is 2.83 bits per heavy atom. The number of para-hydroxylation sites is 1. The number of hydrogen-bond acceptors (Lipinski definition) is 4. The average molecular weight is 250 g/mol. The third-order valence-electron chi connectivity index (χ3n) is 2.54. The predicted octanol–water partition coefficient (Wildman–Crippen LogP) is 0.743. The summed E-state index contributed by atoms with van der Waals surface area (Å²) in [4.78, 5) is 11.1. The van der Waals surface area contributed by atoms with Crippen molar-refractivity contribution in [2.45, 2.75) is 6.54 Å². The molecule has 0 amide bonds. The lowest BCUT2D eigenvalue weighted by Gasteiger charge is -2.03. The van der Waals surface area contributed by atoms with Gasteiger partial charge in [0.15, 0.2) is 5.69 Å². The van der Waals surface area contributed by atoms with Gasteiger partial charge in [-0.2, -0.15) is 5.10 Å². The number of aliphatic hydroxyl groups excluding tert-OH is 1. The molecule has 96 valence electrons. The standard InChI is InChI=1S/C12H14N2O4/c15-6-8-18-7-5-14-10-4-2-1-3-9(10)11(13-14)12(16)17/h1-4,15H,5-8H2,(H,16,17). The summed E-state index contributed by atoms with van der Waals surface area (Å²) in [5.41, 5.74) is 0.815. The van der Waals surface area contributed by atoms with Gasteiger partial charge in [-0.15, -0.1) is 0 Å². The van der Waals surface area contributed by atoms with Crippen molar-refractivity contribution in [3.63, 3.8) is 0 Å². The molecule has 6 heteroatoms. The third kappa shape index (κ3) is 2.49. The quantitative estimate of drug-likeness (QED) is 0.739. The maximum Gasteiger partial charge on any atom is 0.357 e. The van der Waals surface area contributed by atoms with E-state index in [-0.39, 0.29) is 18.9 Å². The Kier molecular flexibility index (Phi) is 3.91. The van der Waals surface area contributed by atoms with Crippen LogP contribution in [0.4, 0.5) is 0 Å². The van der Waals surface area contributed by atoms with Gasteiger partial charge in [0.2, 0.25) is 0 Å². The molecule has 0 aliphatic carbocycles. The molecule has 1 heterocycles. The number of ether oxygens (including phenoxy) is 1. The van der Waals surface area contributed by atoms with Crippen LogP contribution in [0.3, 0.4) is 0 Å². The summed E-state index contributed by atoms with van der Waals surface area (Å²) in [6.07, 6.45) is 0. The maximum atomic E-state index is 11.1. The minimum atomic E-state index is -1.04. The highest BCUT2D eigenvalue weighted by Crippen LogP contribution is 2.18. The number of aliphatic hydroxyl groups is 1. The number of benzene rings is 1. The van der Waals surface area contributed by atoms with E-state index >= 15 is 0 Å². The van der Waals surface area contributed by atoms with Crippen molar-refractivity contribution in [1.82, 2.24) is 9.78 Å². The molecular formula is C12H14N2O4. The molecule has 18 heavy (non-hydrogen) atoms. The largest absolute Gasteiger partial charge is 0.476 e. The van der Waals surface area contributed by atoms with Crippen molar-refractivity contribution in [3.8, 4) is 0 Å². The van der Waals surface area contributed by atoms with Crippen molar-refractivity contribution in [2.24, 2.45) is 0 Å². The van der Waals surface area contributed by atoms with Crippen LogP contribution in [-0.4, -0.2) is 45.8 Å². The Morgan fingerprint density at radius 1 is 1.33 bits per heavy atom. The van der Waals surface area contributed by atoms with Gasteiger partial charge in [0, 0.05) is 5.39 Å². The molecule has 0 saturated carbocycles. The van der Waals surface area contributed by atoms with Gasteiger partial charge in [0.1, 0.15) is 0 Å². The van der Waals surface area contributed by atoms with E-state index < -0.39 is 5.97 Å². The van der Waals surface area contributed by atoms with Gasteiger partial charge in [-0.05, 0) is 6.07 Å². The summed E-state index contributed by atoms with van der Waals surface area (Å²) in [5.74, 6) is -1.04. The maximum absolute atomic E-state index is 11.1. The summed E-state index contributed by atoms with van der Waals surface area (Å²) in [6.45, 7) is 1.07. The Labute approximate surface area is 103 Å². The summed E-state index contributed by atoms with van der Waals surface area (Å²) in [7, 11) is 0. The van der Waals surface area contributed by atoms with E-state index in [0.717, 1.165) is 5.52 Å². The molecule has 6 nitrogen and oxygen atoms in total. The number of hydrogen-bond donors (Lipinski definition) is 2. The number of carboxylic acids is 1. The number of carboxylic acid groups (broad SMARTS) is 1. The molecule has 0 bridgehead atoms. The lowest BCUT2D eigenvalue weighted by atomic mass is 10.2. The van der Waals surface area contributed by atoms with Crippen LogP contribution in [0.2, 0.25) is 0 Å². The number of aromatic nitrogens is 2. The van der Waals surface area contributed by atoms with E-state index in [0.29, 0.717) is 18.5 Å². The molecule has 2 N–H and O–H groups in total. The predicted molar refractivity (Wildman–Crippen MR) is 64.6 cm³/mol. The monoisotopic (exact) mass is 250 g/mol. The molecule has 0 aliphatic rings. The fraction of sp³-hybridized carbons (Fsp3) is 0.333. The highest BCUT2D eigenvalue weighted by Gasteiger charge is 2.15. The first-order valence-corrected chi connectivity index (χ1v) is 5.61. The molecular weight excluding hydrogens is 236 g/mol. The summed E-state index contributed by atoms with van der Waals surface area (Å²) in [5, 5.41) is 22.3. The Hall–Kier alpha value is -1.92. The first-order valence-electron chi connectivity index (χ1n) is 5.61. The molecule has 0 fully saturated rings. The minimum Gasteiger partial charge on any atom is -0.476 e. The molecule has 0 unspecified atom stereocenters. The van der Waals surface area contributed by atoms with Crippen LogP contribution < -0.4 is 0 Å². The fourth-order valence-corrected chi connectivity index (χ4v) is 1.77. The van der Waals surface area contributed by atoms with E-state index in [1.165, 1.54) is 0 Å². The second kappa shape index (κ2) is 5.61. The Bertz CT molecular complexity index is 550. The smallest absolute Gasteiger partial charge is 0.357 e. The van der Waals surface area contributed by atoms with Crippen LogP contribution in [-0.2, 0) is 11.3 Å². The zero-order chi connectivity index (χ0) is 13.0. The second-order valence-electron chi connectivity index (χ2n) is 3.73. The number of carbonyl (C=O) groups is 1. The van der Waals surface area contributed by atoms with Crippen LogP contribution >= 0.6 is 0 Å². The van der Waals surface area contributed by atoms with Crippen LogP contribution in [0.25, 0.3) is 10.9 Å². The van der Waals surface area contributed by atoms with E-state index in [1.54, 1.807) is 16.8 Å². The molecule has 0 radical (unpaired) electrons. The van der Waals surface area contributed by atoms with Crippen molar-refractivity contribution < 1.29 is 19.7 Å². The summed E-state index contributed by atoms with van der Waals surface area (Å²) >= 11 is 0. The SMILES string of the molecule is O=C(O)c1nn(CCOCCO)c2ccccc12. The van der Waals surface area contributed by atoms with Crippen molar-refractivity contribution >= 4 is 16.9 Å². The molecule has 2 rings (SSSR count). The van der Waals surface area contributed by atoms with E-state index in [4.69, 9.17) is 14.9 Å². The highest BCUT2D eigenvalue weighted by molar-refractivity contribution is 6.01. The summed E-state index contributed by atoms with van der Waals surface area (Å²) in [6, 6.07) is 7.17. The molecule has 0 spiro atoms. The second-order valence-corrected chi connectivity index (χ2v) is 3.73. The van der Waals surface area contributed by atoms with Gasteiger partial charge in [0.05, 0.1) is 31.9 Å². The molecule has 1 aromatic carbocycles. The first kappa shape index (κ1) is 12.5. The van der Waals surface area contributed by atoms with Gasteiger partial charge in [-0.25, -0.2) is 4.79 Å². The van der Waals surface area contributed by atoms with Gasteiger partial charge in [-0.1, -0.05) is 18.2 Å². The Balaban J connectivity index is 2.24. The molecule has 0 saturated heterocycles. The number of aromatic carboxylic acids is 1.